The van der Waals surface area contributed by atoms with Gasteiger partial charge in [0.15, 0.2) is 0 Å². The summed E-state index contributed by atoms with van der Waals surface area (Å²) in [5.74, 6) is -1.11. The molecule has 1 rings (SSSR count). The Kier molecular flexibility index (Phi) is 6.48. The standard InChI is InChI=1S/C14H18ClNO4/c1-10(14(19)20-2)9-16(7-8-17)13(18)11-3-5-12(15)6-4-11/h3-6,10,17H,7-9H2,1-2H3. The Morgan fingerprint density at radius 1 is 1.35 bits per heavy atom. The molecule has 0 spiro atoms. The summed E-state index contributed by atoms with van der Waals surface area (Å²) < 4.78 is 4.64. The van der Waals surface area contributed by atoms with Gasteiger partial charge in [-0.15, -0.1) is 0 Å². The van der Waals surface area contributed by atoms with E-state index in [0.29, 0.717) is 10.6 Å². The Balaban J connectivity index is 2.81. The van der Waals surface area contributed by atoms with Crippen LogP contribution in [-0.2, 0) is 9.53 Å². The molecule has 1 aromatic rings. The number of rotatable bonds is 6. The van der Waals surface area contributed by atoms with Gasteiger partial charge in [-0.05, 0) is 24.3 Å². The fourth-order valence-corrected chi connectivity index (χ4v) is 1.90. The first-order valence-electron chi connectivity index (χ1n) is 6.23. The molecule has 0 saturated heterocycles. The molecule has 20 heavy (non-hydrogen) atoms. The second-order valence-corrected chi connectivity index (χ2v) is 4.84. The molecule has 0 aliphatic rings. The van der Waals surface area contributed by atoms with Gasteiger partial charge in [-0.3, -0.25) is 9.59 Å². The molecule has 0 radical (unpaired) electrons. The van der Waals surface area contributed by atoms with Crippen molar-refractivity contribution in [3.8, 4) is 0 Å². The van der Waals surface area contributed by atoms with E-state index in [1.165, 1.54) is 12.0 Å². The molecule has 1 N–H and O–H groups in total. The number of nitrogens with zero attached hydrogens (tertiary/aromatic N) is 1. The molecular weight excluding hydrogens is 282 g/mol. The van der Waals surface area contributed by atoms with Gasteiger partial charge in [-0.1, -0.05) is 18.5 Å². The van der Waals surface area contributed by atoms with Crippen LogP contribution in [0.4, 0.5) is 0 Å². The summed E-state index contributed by atoms with van der Waals surface area (Å²) in [5, 5.41) is 9.59. The Bertz CT molecular complexity index is 461. The van der Waals surface area contributed by atoms with Crippen molar-refractivity contribution in [1.82, 2.24) is 4.90 Å². The molecule has 0 saturated carbocycles. The number of aliphatic hydroxyl groups excluding tert-OH is 1. The summed E-state index contributed by atoms with van der Waals surface area (Å²) in [6.07, 6.45) is 0. The van der Waals surface area contributed by atoms with Crippen LogP contribution in [0.2, 0.25) is 5.02 Å². The van der Waals surface area contributed by atoms with Gasteiger partial charge in [-0.2, -0.15) is 0 Å². The molecular formula is C14H18ClNO4. The summed E-state index contributed by atoms with van der Waals surface area (Å²) in [6.45, 7) is 1.84. The number of benzene rings is 1. The highest BCUT2D eigenvalue weighted by molar-refractivity contribution is 6.30. The van der Waals surface area contributed by atoms with E-state index >= 15 is 0 Å². The third-order valence-corrected chi connectivity index (χ3v) is 3.10. The molecule has 0 aliphatic carbocycles. The maximum absolute atomic E-state index is 12.3. The topological polar surface area (TPSA) is 66.8 Å². The summed E-state index contributed by atoms with van der Waals surface area (Å²) in [6, 6.07) is 6.46. The van der Waals surface area contributed by atoms with E-state index in [9.17, 15) is 9.59 Å². The highest BCUT2D eigenvalue weighted by Crippen LogP contribution is 2.13. The number of hydrogen-bond donors (Lipinski definition) is 1. The van der Waals surface area contributed by atoms with Crippen molar-refractivity contribution in [2.45, 2.75) is 6.92 Å². The van der Waals surface area contributed by atoms with Crippen LogP contribution >= 0.6 is 11.6 Å². The normalized spacial score (nSPS) is 11.8. The van der Waals surface area contributed by atoms with Crippen LogP contribution < -0.4 is 0 Å². The largest absolute Gasteiger partial charge is 0.469 e. The smallest absolute Gasteiger partial charge is 0.310 e. The zero-order valence-corrected chi connectivity index (χ0v) is 12.3. The highest BCUT2D eigenvalue weighted by Gasteiger charge is 2.22. The van der Waals surface area contributed by atoms with Crippen LogP contribution in [0.3, 0.4) is 0 Å². The van der Waals surface area contributed by atoms with Crippen molar-refractivity contribution in [3.05, 3.63) is 34.9 Å². The minimum absolute atomic E-state index is 0.156. The number of esters is 1. The van der Waals surface area contributed by atoms with Crippen molar-refractivity contribution < 1.29 is 19.4 Å². The minimum atomic E-state index is -0.456. The zero-order chi connectivity index (χ0) is 15.1. The van der Waals surface area contributed by atoms with Crippen molar-refractivity contribution in [2.75, 3.05) is 26.8 Å². The number of amides is 1. The van der Waals surface area contributed by atoms with Crippen LogP contribution in [0.25, 0.3) is 0 Å². The molecule has 110 valence electrons. The number of ether oxygens (including phenoxy) is 1. The summed E-state index contributed by atoms with van der Waals surface area (Å²) in [4.78, 5) is 25.1. The minimum Gasteiger partial charge on any atom is -0.469 e. The quantitative estimate of drug-likeness (QED) is 0.810. The van der Waals surface area contributed by atoms with E-state index in [-0.39, 0.29) is 25.6 Å². The first-order valence-corrected chi connectivity index (χ1v) is 6.61. The molecule has 1 aromatic carbocycles. The van der Waals surface area contributed by atoms with Crippen LogP contribution in [-0.4, -0.2) is 48.7 Å². The first-order chi connectivity index (χ1) is 9.49. The van der Waals surface area contributed by atoms with Gasteiger partial charge in [0.1, 0.15) is 0 Å². The van der Waals surface area contributed by atoms with Crippen LogP contribution in [0.5, 0.6) is 0 Å². The number of carbonyl (C=O) groups is 2. The van der Waals surface area contributed by atoms with E-state index in [4.69, 9.17) is 16.7 Å². The van der Waals surface area contributed by atoms with Gasteiger partial charge in [-0.25, -0.2) is 0 Å². The molecule has 0 aromatic heterocycles. The monoisotopic (exact) mass is 299 g/mol. The van der Waals surface area contributed by atoms with Gasteiger partial charge in [0.2, 0.25) is 0 Å². The predicted molar refractivity (Wildman–Crippen MR) is 75.6 cm³/mol. The molecule has 5 nitrogen and oxygen atoms in total. The fraction of sp³-hybridized carbons (Fsp3) is 0.429. The van der Waals surface area contributed by atoms with E-state index < -0.39 is 11.9 Å². The Hall–Kier alpha value is -1.59. The lowest BCUT2D eigenvalue weighted by molar-refractivity contribution is -0.145. The molecule has 1 unspecified atom stereocenters. The van der Waals surface area contributed by atoms with Crippen molar-refractivity contribution >= 4 is 23.5 Å². The average Bonchev–Trinajstić information content (AvgIpc) is 2.45. The first kappa shape index (κ1) is 16.5. The molecule has 0 heterocycles. The maximum Gasteiger partial charge on any atom is 0.310 e. The van der Waals surface area contributed by atoms with Crippen LogP contribution in [0.15, 0.2) is 24.3 Å². The molecule has 1 amide bonds. The van der Waals surface area contributed by atoms with E-state index in [0.717, 1.165) is 0 Å². The highest BCUT2D eigenvalue weighted by atomic mass is 35.5. The van der Waals surface area contributed by atoms with Gasteiger partial charge in [0.25, 0.3) is 5.91 Å². The maximum atomic E-state index is 12.3. The summed E-state index contributed by atoms with van der Waals surface area (Å²) >= 11 is 5.78. The summed E-state index contributed by atoms with van der Waals surface area (Å²) in [5.41, 5.74) is 0.458. The van der Waals surface area contributed by atoms with E-state index in [2.05, 4.69) is 4.74 Å². The molecule has 6 heteroatoms. The Morgan fingerprint density at radius 3 is 2.45 bits per heavy atom. The fourth-order valence-electron chi connectivity index (χ4n) is 1.78. The second-order valence-electron chi connectivity index (χ2n) is 4.41. The van der Waals surface area contributed by atoms with Gasteiger partial charge >= 0.3 is 5.97 Å². The number of hydrogen-bond acceptors (Lipinski definition) is 4. The SMILES string of the molecule is COC(=O)C(C)CN(CCO)C(=O)c1ccc(Cl)cc1. The number of halogens is 1. The lowest BCUT2D eigenvalue weighted by Gasteiger charge is -2.24. The number of aliphatic hydroxyl groups is 1. The molecule has 0 fully saturated rings. The Morgan fingerprint density at radius 2 is 1.95 bits per heavy atom. The molecule has 1 atom stereocenters. The van der Waals surface area contributed by atoms with Crippen LogP contribution in [0.1, 0.15) is 17.3 Å². The molecule has 0 aliphatic heterocycles. The average molecular weight is 300 g/mol. The predicted octanol–water partition coefficient (Wildman–Crippen LogP) is 1.58. The zero-order valence-electron chi connectivity index (χ0n) is 11.5. The van der Waals surface area contributed by atoms with Gasteiger partial charge < -0.3 is 14.7 Å². The van der Waals surface area contributed by atoms with Crippen molar-refractivity contribution in [2.24, 2.45) is 5.92 Å². The van der Waals surface area contributed by atoms with Crippen molar-refractivity contribution in [1.29, 1.82) is 0 Å². The second kappa shape index (κ2) is 7.87. The number of methoxy groups -OCH3 is 1. The van der Waals surface area contributed by atoms with Crippen molar-refractivity contribution in [3.63, 3.8) is 0 Å². The molecule has 0 bridgehead atoms. The third-order valence-electron chi connectivity index (χ3n) is 2.85. The van der Waals surface area contributed by atoms with E-state index in [1.807, 2.05) is 0 Å². The van der Waals surface area contributed by atoms with E-state index in [1.54, 1.807) is 31.2 Å². The van der Waals surface area contributed by atoms with Gasteiger partial charge in [0, 0.05) is 23.7 Å². The lowest BCUT2D eigenvalue weighted by atomic mass is 10.1. The van der Waals surface area contributed by atoms with Gasteiger partial charge in [0.05, 0.1) is 19.6 Å². The Labute approximate surface area is 123 Å². The van der Waals surface area contributed by atoms with Crippen LogP contribution in [0, 0.1) is 5.92 Å². The third kappa shape index (κ3) is 4.51. The summed E-state index contributed by atoms with van der Waals surface area (Å²) in [7, 11) is 1.30. The lowest BCUT2D eigenvalue weighted by Crippen LogP contribution is -2.39. The number of carbonyl (C=O) groups excluding carboxylic acids is 2.